The van der Waals surface area contributed by atoms with Crippen molar-refractivity contribution in [3.63, 3.8) is 0 Å². The summed E-state index contributed by atoms with van der Waals surface area (Å²) < 4.78 is 38.8. The summed E-state index contributed by atoms with van der Waals surface area (Å²) in [5.74, 6) is -0.131. The molecule has 0 bridgehead atoms. The number of nitriles is 1. The summed E-state index contributed by atoms with van der Waals surface area (Å²) in [6.45, 7) is -0.139. The summed E-state index contributed by atoms with van der Waals surface area (Å²) in [5.41, 5.74) is -0.731. The van der Waals surface area contributed by atoms with Gasteiger partial charge >= 0.3 is 6.18 Å². The molecule has 2 N–H and O–H groups in total. The summed E-state index contributed by atoms with van der Waals surface area (Å²) in [7, 11) is 0. The van der Waals surface area contributed by atoms with Crippen LogP contribution in [0.4, 0.5) is 24.7 Å². The first-order valence-electron chi connectivity index (χ1n) is 6.00. The maximum Gasteiger partial charge on any atom is 0.417 e. The second-order valence-electron chi connectivity index (χ2n) is 4.31. The molecule has 1 heterocycles. The number of alkyl halides is 3. The van der Waals surface area contributed by atoms with Crippen molar-refractivity contribution < 1.29 is 18.3 Å². The number of hydrogen-bond donors (Lipinski definition) is 2. The van der Waals surface area contributed by atoms with Crippen LogP contribution in [-0.4, -0.2) is 10.1 Å². The van der Waals surface area contributed by atoms with Gasteiger partial charge in [0, 0.05) is 5.69 Å². The van der Waals surface area contributed by atoms with Crippen LogP contribution >= 0.6 is 11.6 Å². The zero-order valence-electron chi connectivity index (χ0n) is 10.9. The Kier molecular flexibility index (Phi) is 4.54. The minimum Gasteiger partial charge on any atom is -0.392 e. The van der Waals surface area contributed by atoms with Crippen molar-refractivity contribution in [1.29, 1.82) is 5.26 Å². The minimum atomic E-state index is -4.71. The van der Waals surface area contributed by atoms with Crippen LogP contribution < -0.4 is 5.32 Å². The van der Waals surface area contributed by atoms with Crippen LogP contribution in [0.5, 0.6) is 0 Å². The fourth-order valence-corrected chi connectivity index (χ4v) is 1.98. The molecule has 1 aromatic heterocycles. The topological polar surface area (TPSA) is 68.9 Å². The van der Waals surface area contributed by atoms with Crippen molar-refractivity contribution in [2.24, 2.45) is 0 Å². The van der Waals surface area contributed by atoms with Gasteiger partial charge < -0.3 is 10.4 Å². The molecule has 0 amide bonds. The maximum absolute atomic E-state index is 12.9. The lowest BCUT2D eigenvalue weighted by atomic mass is 10.1. The molecule has 2 rings (SSSR count). The first kappa shape index (κ1) is 16.1. The van der Waals surface area contributed by atoms with Gasteiger partial charge in [0.2, 0.25) is 0 Å². The van der Waals surface area contributed by atoms with E-state index in [1.54, 1.807) is 24.3 Å². The number of hydrogen-bond acceptors (Lipinski definition) is 4. The number of aromatic nitrogens is 1. The average Bonchev–Trinajstić information content (AvgIpc) is 2.46. The lowest BCUT2D eigenvalue weighted by Crippen LogP contribution is -2.10. The number of halogens is 4. The molecule has 0 saturated heterocycles. The minimum absolute atomic E-state index is 0.131. The van der Waals surface area contributed by atoms with Gasteiger partial charge in [0.15, 0.2) is 0 Å². The van der Waals surface area contributed by atoms with Crippen LogP contribution in [0.15, 0.2) is 30.3 Å². The quantitative estimate of drug-likeness (QED) is 0.840. The molecule has 0 atom stereocenters. The first-order valence-corrected chi connectivity index (χ1v) is 6.37. The zero-order chi connectivity index (χ0) is 16.3. The molecule has 0 radical (unpaired) electrons. The van der Waals surface area contributed by atoms with E-state index in [9.17, 15) is 13.2 Å². The van der Waals surface area contributed by atoms with Crippen LogP contribution in [0, 0.1) is 11.3 Å². The Morgan fingerprint density at radius 1 is 1.27 bits per heavy atom. The first-order chi connectivity index (χ1) is 10.3. The van der Waals surface area contributed by atoms with Gasteiger partial charge in [-0.1, -0.05) is 23.7 Å². The number of benzene rings is 1. The van der Waals surface area contributed by atoms with Crippen LogP contribution in [0.3, 0.4) is 0 Å². The highest BCUT2D eigenvalue weighted by atomic mass is 35.5. The Bertz CT molecular complexity index is 724. The zero-order valence-corrected chi connectivity index (χ0v) is 11.7. The van der Waals surface area contributed by atoms with E-state index in [4.69, 9.17) is 22.0 Å². The van der Waals surface area contributed by atoms with E-state index >= 15 is 0 Å². The third-order valence-corrected chi connectivity index (χ3v) is 3.07. The highest BCUT2D eigenvalue weighted by molar-refractivity contribution is 6.30. The van der Waals surface area contributed by atoms with Crippen molar-refractivity contribution in [2.75, 3.05) is 5.32 Å². The Balaban J connectivity index is 2.39. The van der Waals surface area contributed by atoms with Crippen molar-refractivity contribution in [3.05, 3.63) is 52.2 Å². The number of anilines is 2. The SMILES string of the molecule is N#Cc1c(C(F)(F)F)cc(Nc2ccc(CO)cc2)nc1Cl. The van der Waals surface area contributed by atoms with E-state index in [1.165, 1.54) is 6.07 Å². The predicted octanol–water partition coefficient (Wildman–Crippen LogP) is 3.86. The van der Waals surface area contributed by atoms with E-state index < -0.39 is 22.5 Å². The molecule has 22 heavy (non-hydrogen) atoms. The van der Waals surface area contributed by atoms with E-state index in [2.05, 4.69) is 10.3 Å². The van der Waals surface area contributed by atoms with E-state index in [1.807, 2.05) is 0 Å². The Labute approximate surface area is 128 Å². The fourth-order valence-electron chi connectivity index (χ4n) is 1.75. The van der Waals surface area contributed by atoms with Crippen LogP contribution in [0.2, 0.25) is 5.15 Å². The molecule has 2 aromatic rings. The molecule has 0 aliphatic carbocycles. The van der Waals surface area contributed by atoms with E-state index in [-0.39, 0.29) is 12.4 Å². The normalized spacial score (nSPS) is 11.1. The van der Waals surface area contributed by atoms with Gasteiger partial charge in [-0.2, -0.15) is 18.4 Å². The van der Waals surface area contributed by atoms with Gasteiger partial charge in [-0.25, -0.2) is 4.98 Å². The summed E-state index contributed by atoms with van der Waals surface area (Å²) in [4.78, 5) is 3.74. The monoisotopic (exact) mass is 327 g/mol. The third kappa shape index (κ3) is 3.47. The van der Waals surface area contributed by atoms with Gasteiger partial charge in [-0.3, -0.25) is 0 Å². The maximum atomic E-state index is 12.9. The molecule has 0 fully saturated rings. The molecule has 0 saturated carbocycles. The highest BCUT2D eigenvalue weighted by Crippen LogP contribution is 2.36. The summed E-state index contributed by atoms with van der Waals surface area (Å²) >= 11 is 5.65. The number of nitrogens with one attached hydrogen (secondary N) is 1. The van der Waals surface area contributed by atoms with Crippen molar-refractivity contribution in [3.8, 4) is 6.07 Å². The van der Waals surface area contributed by atoms with Crippen LogP contribution in [0.1, 0.15) is 16.7 Å². The predicted molar refractivity (Wildman–Crippen MR) is 74.6 cm³/mol. The van der Waals surface area contributed by atoms with Gasteiger partial charge in [0.05, 0.1) is 12.2 Å². The number of aliphatic hydroxyl groups excluding tert-OH is 1. The second-order valence-corrected chi connectivity index (χ2v) is 4.67. The van der Waals surface area contributed by atoms with Gasteiger partial charge in [-0.05, 0) is 23.8 Å². The van der Waals surface area contributed by atoms with Crippen molar-refractivity contribution in [2.45, 2.75) is 12.8 Å². The largest absolute Gasteiger partial charge is 0.417 e. The Hall–Kier alpha value is -2.30. The van der Waals surface area contributed by atoms with Crippen molar-refractivity contribution >= 4 is 23.1 Å². The highest BCUT2D eigenvalue weighted by Gasteiger charge is 2.35. The molecule has 8 heteroatoms. The number of rotatable bonds is 3. The second kappa shape index (κ2) is 6.22. The van der Waals surface area contributed by atoms with Gasteiger partial charge in [0.25, 0.3) is 0 Å². The molecule has 114 valence electrons. The van der Waals surface area contributed by atoms with E-state index in [0.717, 1.165) is 6.07 Å². The molecule has 0 spiro atoms. The summed E-state index contributed by atoms with van der Waals surface area (Å²) in [6, 6.07) is 8.50. The van der Waals surface area contributed by atoms with E-state index in [0.29, 0.717) is 11.3 Å². The lowest BCUT2D eigenvalue weighted by Gasteiger charge is -2.13. The third-order valence-electron chi connectivity index (χ3n) is 2.80. The van der Waals surface area contributed by atoms with Crippen molar-refractivity contribution in [1.82, 2.24) is 4.98 Å². The molecule has 0 aliphatic rings. The molecule has 0 aliphatic heterocycles. The van der Waals surface area contributed by atoms with Gasteiger partial charge in [0.1, 0.15) is 22.6 Å². The fraction of sp³-hybridized carbons (Fsp3) is 0.143. The standard InChI is InChI=1S/C14H9ClF3N3O/c15-13-10(6-19)11(14(16,17)18)5-12(21-13)20-9-3-1-8(7-22)2-4-9/h1-5,22H,7H2,(H,20,21). The number of aliphatic hydroxyl groups is 1. The molecule has 1 aromatic carbocycles. The average molecular weight is 328 g/mol. The van der Waals surface area contributed by atoms with Crippen LogP contribution in [0.25, 0.3) is 0 Å². The number of nitrogens with zero attached hydrogens (tertiary/aromatic N) is 2. The molecular weight excluding hydrogens is 319 g/mol. The van der Waals surface area contributed by atoms with Crippen LogP contribution in [-0.2, 0) is 12.8 Å². The molecule has 0 unspecified atom stereocenters. The molecular formula is C14H9ClF3N3O. The lowest BCUT2D eigenvalue weighted by molar-refractivity contribution is -0.137. The molecule has 4 nitrogen and oxygen atoms in total. The Morgan fingerprint density at radius 3 is 2.41 bits per heavy atom. The smallest absolute Gasteiger partial charge is 0.392 e. The summed E-state index contributed by atoms with van der Waals surface area (Å²) in [6.07, 6.45) is -4.71. The summed E-state index contributed by atoms with van der Waals surface area (Å²) in [5, 5.41) is 19.9. The number of pyridine rings is 1. The van der Waals surface area contributed by atoms with Gasteiger partial charge in [-0.15, -0.1) is 0 Å². The Morgan fingerprint density at radius 2 is 1.91 bits per heavy atom.